The Hall–Kier alpha value is -1.38. The molecular weight excluding hydrogens is 224 g/mol. The van der Waals surface area contributed by atoms with Gasteiger partial charge in [0.1, 0.15) is 5.75 Å². The second-order valence-electron chi connectivity index (χ2n) is 5.43. The normalized spacial score (nSPS) is 18.3. The monoisotopic (exact) mass is 248 g/mol. The molecule has 0 aromatic heterocycles. The van der Waals surface area contributed by atoms with E-state index in [1.54, 1.807) is 0 Å². The van der Waals surface area contributed by atoms with Crippen LogP contribution in [0.25, 0.3) is 0 Å². The van der Waals surface area contributed by atoms with E-state index in [1.165, 1.54) is 32.1 Å². The van der Waals surface area contributed by atoms with E-state index in [0.29, 0.717) is 12.3 Å². The first kappa shape index (κ1) is 13.1. The minimum atomic E-state index is 0.220. The maximum Gasteiger partial charge on any atom is 0.144 e. The number of ether oxygens (including phenoxy) is 1. The molecule has 1 saturated carbocycles. The van der Waals surface area contributed by atoms with Gasteiger partial charge in [-0.15, -0.1) is 0 Å². The van der Waals surface area contributed by atoms with Gasteiger partial charge in [0.2, 0.25) is 0 Å². The number of nitrogen functional groups attached to an aromatic ring is 1. The number of nitrogens with one attached hydrogen (secondary N) is 1. The molecule has 1 aliphatic rings. The molecule has 18 heavy (non-hydrogen) atoms. The Labute approximate surface area is 110 Å². The average molecular weight is 248 g/mol. The molecule has 0 atom stereocenters. The largest absolute Gasteiger partial charge is 0.492 e. The highest BCUT2D eigenvalue weighted by atomic mass is 16.5. The molecule has 0 radical (unpaired) electrons. The fourth-order valence-electron chi connectivity index (χ4n) is 2.70. The van der Waals surface area contributed by atoms with Gasteiger partial charge in [-0.05, 0) is 38.8 Å². The van der Waals surface area contributed by atoms with E-state index in [2.05, 4.69) is 12.2 Å². The molecule has 1 fully saturated rings. The van der Waals surface area contributed by atoms with Gasteiger partial charge >= 0.3 is 0 Å². The summed E-state index contributed by atoms with van der Waals surface area (Å²) in [5.41, 5.74) is 7.92. The Kier molecular flexibility index (Phi) is 4.00. The summed E-state index contributed by atoms with van der Waals surface area (Å²) < 4.78 is 5.53. The summed E-state index contributed by atoms with van der Waals surface area (Å²) in [6, 6.07) is 5.97. The molecule has 3 nitrogen and oxygen atoms in total. The minimum Gasteiger partial charge on any atom is -0.492 e. The van der Waals surface area contributed by atoms with Crippen LogP contribution in [-0.4, -0.2) is 12.1 Å². The molecule has 0 bridgehead atoms. The van der Waals surface area contributed by atoms with Crippen LogP contribution >= 0.6 is 0 Å². The highest BCUT2D eigenvalue weighted by Gasteiger charge is 2.26. The van der Waals surface area contributed by atoms with Gasteiger partial charge in [-0.25, -0.2) is 0 Å². The zero-order valence-electron chi connectivity index (χ0n) is 11.5. The van der Waals surface area contributed by atoms with Crippen LogP contribution in [0.4, 0.5) is 11.4 Å². The van der Waals surface area contributed by atoms with Crippen molar-refractivity contribution in [2.45, 2.75) is 51.5 Å². The van der Waals surface area contributed by atoms with Crippen molar-refractivity contribution in [1.29, 1.82) is 0 Å². The van der Waals surface area contributed by atoms with Gasteiger partial charge < -0.3 is 15.8 Å². The van der Waals surface area contributed by atoms with Crippen LogP contribution in [0, 0.1) is 0 Å². The fraction of sp³-hybridized carbons (Fsp3) is 0.600. The van der Waals surface area contributed by atoms with E-state index >= 15 is 0 Å². The molecule has 0 spiro atoms. The Morgan fingerprint density at radius 3 is 2.67 bits per heavy atom. The molecule has 0 aliphatic heterocycles. The second kappa shape index (κ2) is 5.51. The molecule has 0 amide bonds. The predicted molar refractivity (Wildman–Crippen MR) is 77.1 cm³/mol. The molecular formula is C15H24N2O. The summed E-state index contributed by atoms with van der Waals surface area (Å²) in [6.07, 6.45) is 6.47. The molecule has 0 saturated heterocycles. The van der Waals surface area contributed by atoms with Gasteiger partial charge in [-0.1, -0.05) is 19.3 Å². The second-order valence-corrected chi connectivity index (χ2v) is 5.43. The van der Waals surface area contributed by atoms with E-state index in [9.17, 15) is 0 Å². The van der Waals surface area contributed by atoms with Crippen LogP contribution in [0.15, 0.2) is 18.2 Å². The lowest BCUT2D eigenvalue weighted by molar-refractivity contribution is 0.340. The van der Waals surface area contributed by atoms with Crippen molar-refractivity contribution in [2.75, 3.05) is 17.7 Å². The van der Waals surface area contributed by atoms with Crippen molar-refractivity contribution in [2.24, 2.45) is 0 Å². The highest BCUT2D eigenvalue weighted by Crippen LogP contribution is 2.33. The van der Waals surface area contributed by atoms with Gasteiger partial charge in [0, 0.05) is 17.3 Å². The lowest BCUT2D eigenvalue weighted by Gasteiger charge is -2.35. The van der Waals surface area contributed by atoms with Crippen molar-refractivity contribution in [3.8, 4) is 5.75 Å². The smallest absolute Gasteiger partial charge is 0.144 e. The van der Waals surface area contributed by atoms with E-state index in [1.807, 2.05) is 25.1 Å². The summed E-state index contributed by atoms with van der Waals surface area (Å²) in [7, 11) is 0. The first-order valence-corrected chi connectivity index (χ1v) is 6.93. The Balaban J connectivity index is 2.10. The maximum atomic E-state index is 5.89. The van der Waals surface area contributed by atoms with Crippen LogP contribution in [0.3, 0.4) is 0 Å². The number of benzene rings is 1. The fourth-order valence-corrected chi connectivity index (χ4v) is 2.70. The molecule has 3 heteroatoms. The molecule has 2 rings (SSSR count). The van der Waals surface area contributed by atoms with Gasteiger partial charge in [0.15, 0.2) is 0 Å². The Bertz CT molecular complexity index is 397. The maximum absolute atomic E-state index is 5.89. The zero-order chi connectivity index (χ0) is 13.0. The van der Waals surface area contributed by atoms with Crippen molar-refractivity contribution in [1.82, 2.24) is 0 Å². The molecule has 1 aromatic carbocycles. The van der Waals surface area contributed by atoms with Gasteiger partial charge in [0.25, 0.3) is 0 Å². The first-order valence-electron chi connectivity index (χ1n) is 6.93. The van der Waals surface area contributed by atoms with Crippen molar-refractivity contribution < 1.29 is 4.74 Å². The number of nitrogens with two attached hydrogens (primary N) is 1. The third-order valence-electron chi connectivity index (χ3n) is 3.72. The first-order chi connectivity index (χ1) is 8.63. The van der Waals surface area contributed by atoms with Gasteiger partial charge in [-0.2, -0.15) is 0 Å². The zero-order valence-corrected chi connectivity index (χ0v) is 11.5. The topological polar surface area (TPSA) is 47.3 Å². The summed E-state index contributed by atoms with van der Waals surface area (Å²) in [5, 5.41) is 3.65. The van der Waals surface area contributed by atoms with Crippen LogP contribution < -0.4 is 15.8 Å². The van der Waals surface area contributed by atoms with E-state index < -0.39 is 0 Å². The summed E-state index contributed by atoms with van der Waals surface area (Å²) in [5.74, 6) is 0.780. The predicted octanol–water partition coefficient (Wildman–Crippen LogP) is 3.80. The number of anilines is 2. The Morgan fingerprint density at radius 2 is 2.00 bits per heavy atom. The molecule has 1 aromatic rings. The minimum absolute atomic E-state index is 0.220. The molecule has 0 unspecified atom stereocenters. The van der Waals surface area contributed by atoms with Crippen LogP contribution in [0.5, 0.6) is 5.75 Å². The lowest BCUT2D eigenvalue weighted by Crippen LogP contribution is -2.36. The number of rotatable bonds is 4. The quantitative estimate of drug-likeness (QED) is 0.797. The van der Waals surface area contributed by atoms with Crippen molar-refractivity contribution >= 4 is 11.4 Å². The average Bonchev–Trinajstić information content (AvgIpc) is 2.34. The Morgan fingerprint density at radius 1 is 1.28 bits per heavy atom. The standard InChI is InChI=1S/C15H24N2O/c1-3-18-14-11-12(7-8-13(14)16)17-15(2)9-5-4-6-10-15/h7-8,11,17H,3-6,9-10,16H2,1-2H3. The molecule has 1 aliphatic carbocycles. The number of hydrogen-bond acceptors (Lipinski definition) is 3. The molecule has 0 heterocycles. The molecule has 3 N–H and O–H groups in total. The lowest BCUT2D eigenvalue weighted by atomic mass is 9.83. The van der Waals surface area contributed by atoms with Gasteiger partial charge in [0.05, 0.1) is 12.3 Å². The third kappa shape index (κ3) is 3.09. The number of hydrogen-bond donors (Lipinski definition) is 2. The van der Waals surface area contributed by atoms with E-state index in [4.69, 9.17) is 10.5 Å². The van der Waals surface area contributed by atoms with Gasteiger partial charge in [-0.3, -0.25) is 0 Å². The summed E-state index contributed by atoms with van der Waals surface area (Å²) in [4.78, 5) is 0. The van der Waals surface area contributed by atoms with Crippen molar-refractivity contribution in [3.63, 3.8) is 0 Å². The van der Waals surface area contributed by atoms with Crippen LogP contribution in [-0.2, 0) is 0 Å². The highest BCUT2D eigenvalue weighted by molar-refractivity contribution is 5.62. The van der Waals surface area contributed by atoms with Crippen LogP contribution in [0.2, 0.25) is 0 Å². The van der Waals surface area contributed by atoms with Crippen molar-refractivity contribution in [3.05, 3.63) is 18.2 Å². The summed E-state index contributed by atoms with van der Waals surface area (Å²) >= 11 is 0. The van der Waals surface area contributed by atoms with Crippen LogP contribution in [0.1, 0.15) is 46.0 Å². The van der Waals surface area contributed by atoms with E-state index in [-0.39, 0.29) is 5.54 Å². The molecule has 100 valence electrons. The third-order valence-corrected chi connectivity index (χ3v) is 3.72. The summed E-state index contributed by atoms with van der Waals surface area (Å²) in [6.45, 7) is 4.93. The SMILES string of the molecule is CCOc1cc(NC2(C)CCCCC2)ccc1N. The van der Waals surface area contributed by atoms with E-state index in [0.717, 1.165) is 11.4 Å².